The molecule has 0 bridgehead atoms. The van der Waals surface area contributed by atoms with Gasteiger partial charge in [0.15, 0.2) is 0 Å². The van der Waals surface area contributed by atoms with Crippen LogP contribution in [0.2, 0.25) is 5.02 Å². The Morgan fingerprint density at radius 2 is 1.66 bits per heavy atom. The molecular formula is C30H35ClN2O2. The summed E-state index contributed by atoms with van der Waals surface area (Å²) in [5.74, 6) is -0.224. The monoisotopic (exact) mass is 490 g/mol. The van der Waals surface area contributed by atoms with Gasteiger partial charge in [-0.1, -0.05) is 84.8 Å². The molecule has 3 rings (SSSR count). The second-order valence-electron chi connectivity index (χ2n) is 9.28. The van der Waals surface area contributed by atoms with Crippen molar-refractivity contribution in [2.24, 2.45) is 0 Å². The maximum Gasteiger partial charge on any atom is 0.243 e. The van der Waals surface area contributed by atoms with Crippen molar-refractivity contribution in [3.8, 4) is 0 Å². The van der Waals surface area contributed by atoms with Gasteiger partial charge in [0.2, 0.25) is 11.8 Å². The molecular weight excluding hydrogens is 456 g/mol. The van der Waals surface area contributed by atoms with E-state index in [0.717, 1.165) is 34.2 Å². The Morgan fingerprint density at radius 1 is 0.943 bits per heavy atom. The van der Waals surface area contributed by atoms with Crippen LogP contribution in [0.5, 0.6) is 0 Å². The lowest BCUT2D eigenvalue weighted by atomic mass is 9.99. The fourth-order valence-electron chi connectivity index (χ4n) is 4.08. The van der Waals surface area contributed by atoms with Gasteiger partial charge in [-0.3, -0.25) is 9.59 Å². The topological polar surface area (TPSA) is 49.4 Å². The van der Waals surface area contributed by atoms with E-state index in [9.17, 15) is 9.59 Å². The minimum atomic E-state index is -0.650. The van der Waals surface area contributed by atoms with Gasteiger partial charge in [0, 0.05) is 24.0 Å². The lowest BCUT2D eigenvalue weighted by molar-refractivity contribution is -0.141. The number of benzene rings is 3. The number of nitrogens with one attached hydrogen (secondary N) is 1. The van der Waals surface area contributed by atoms with Gasteiger partial charge in [-0.2, -0.15) is 0 Å². The van der Waals surface area contributed by atoms with E-state index in [1.54, 1.807) is 4.90 Å². The van der Waals surface area contributed by atoms with Gasteiger partial charge < -0.3 is 10.2 Å². The number of rotatable bonds is 10. The molecule has 1 N–H and O–H groups in total. The van der Waals surface area contributed by atoms with Crippen LogP contribution in [0.3, 0.4) is 0 Å². The summed E-state index contributed by atoms with van der Waals surface area (Å²) >= 11 is 6.25. The van der Waals surface area contributed by atoms with Crippen molar-refractivity contribution in [1.29, 1.82) is 0 Å². The predicted octanol–water partition coefficient (Wildman–Crippen LogP) is 6.05. The average Bonchev–Trinajstić information content (AvgIpc) is 2.84. The van der Waals surface area contributed by atoms with Crippen LogP contribution in [-0.4, -0.2) is 28.8 Å². The molecule has 0 aromatic heterocycles. The molecule has 2 amide bonds. The summed E-state index contributed by atoms with van der Waals surface area (Å²) in [6.07, 6.45) is 1.48. The first-order valence-corrected chi connectivity index (χ1v) is 12.6. The van der Waals surface area contributed by atoms with Gasteiger partial charge in [0.05, 0.1) is 6.42 Å². The zero-order valence-electron chi connectivity index (χ0n) is 21.1. The minimum Gasteiger partial charge on any atom is -0.352 e. The van der Waals surface area contributed by atoms with Gasteiger partial charge in [0.1, 0.15) is 6.04 Å². The third kappa shape index (κ3) is 7.69. The molecule has 0 aliphatic heterocycles. The van der Waals surface area contributed by atoms with Crippen LogP contribution in [0.4, 0.5) is 0 Å². The second kappa shape index (κ2) is 12.6. The van der Waals surface area contributed by atoms with Crippen molar-refractivity contribution in [3.05, 3.63) is 106 Å². The molecule has 3 aromatic carbocycles. The fraction of sp³-hybridized carbons (Fsp3) is 0.333. The van der Waals surface area contributed by atoms with E-state index in [1.165, 1.54) is 0 Å². The average molecular weight is 491 g/mol. The normalized spacial score (nSPS) is 12.6. The second-order valence-corrected chi connectivity index (χ2v) is 9.72. The Kier molecular flexibility index (Phi) is 9.50. The molecule has 2 atom stereocenters. The highest BCUT2D eigenvalue weighted by molar-refractivity contribution is 6.30. The quantitative estimate of drug-likeness (QED) is 0.376. The van der Waals surface area contributed by atoms with Crippen molar-refractivity contribution in [2.75, 3.05) is 0 Å². The summed E-state index contributed by atoms with van der Waals surface area (Å²) in [5.41, 5.74) is 5.05. The molecule has 0 aliphatic carbocycles. The van der Waals surface area contributed by atoms with Crippen LogP contribution in [0.1, 0.15) is 48.1 Å². The third-order valence-electron chi connectivity index (χ3n) is 6.36. The van der Waals surface area contributed by atoms with Crippen LogP contribution >= 0.6 is 11.6 Å². The number of hydrogen-bond donors (Lipinski definition) is 1. The van der Waals surface area contributed by atoms with Crippen LogP contribution in [0.25, 0.3) is 0 Å². The Bertz CT molecular complexity index is 1150. The maximum absolute atomic E-state index is 13.9. The zero-order chi connectivity index (χ0) is 25.4. The highest BCUT2D eigenvalue weighted by Crippen LogP contribution is 2.20. The molecule has 0 spiro atoms. The van der Waals surface area contributed by atoms with E-state index in [4.69, 9.17) is 11.6 Å². The first-order chi connectivity index (χ1) is 16.8. The molecule has 35 heavy (non-hydrogen) atoms. The Labute approximate surface area is 214 Å². The summed E-state index contributed by atoms with van der Waals surface area (Å²) in [6.45, 7) is 8.36. The minimum absolute atomic E-state index is 0.0166. The molecule has 0 saturated heterocycles. The van der Waals surface area contributed by atoms with E-state index in [-0.39, 0.29) is 24.3 Å². The number of amides is 2. The number of halogens is 1. The molecule has 0 heterocycles. The summed E-state index contributed by atoms with van der Waals surface area (Å²) in [7, 11) is 0. The highest BCUT2D eigenvalue weighted by Gasteiger charge is 2.31. The summed E-state index contributed by atoms with van der Waals surface area (Å²) in [4.78, 5) is 29.2. The predicted molar refractivity (Wildman–Crippen MR) is 143 cm³/mol. The van der Waals surface area contributed by atoms with Crippen LogP contribution in [0, 0.1) is 13.8 Å². The van der Waals surface area contributed by atoms with Gasteiger partial charge in [-0.05, 0) is 61.6 Å². The lowest BCUT2D eigenvalue weighted by Crippen LogP contribution is -2.52. The number of carbonyl (C=O) groups is 2. The van der Waals surface area contributed by atoms with Crippen molar-refractivity contribution in [3.63, 3.8) is 0 Å². The number of nitrogens with zero attached hydrogens (tertiary/aromatic N) is 1. The van der Waals surface area contributed by atoms with Crippen LogP contribution < -0.4 is 5.32 Å². The largest absolute Gasteiger partial charge is 0.352 e. The van der Waals surface area contributed by atoms with Crippen molar-refractivity contribution < 1.29 is 9.59 Å². The zero-order valence-corrected chi connectivity index (χ0v) is 21.8. The van der Waals surface area contributed by atoms with Gasteiger partial charge in [-0.15, -0.1) is 0 Å². The molecule has 0 unspecified atom stereocenters. The molecule has 0 aliphatic rings. The summed E-state index contributed by atoms with van der Waals surface area (Å²) < 4.78 is 0. The summed E-state index contributed by atoms with van der Waals surface area (Å²) in [6, 6.07) is 22.8. The molecule has 0 fully saturated rings. The molecule has 184 valence electrons. The smallest absolute Gasteiger partial charge is 0.243 e. The molecule has 4 nitrogen and oxygen atoms in total. The number of carbonyl (C=O) groups excluding carboxylic acids is 2. The van der Waals surface area contributed by atoms with E-state index in [1.807, 2.05) is 94.4 Å². The lowest BCUT2D eigenvalue weighted by Gasteiger charge is -2.32. The number of aryl methyl sites for hydroxylation is 2. The van der Waals surface area contributed by atoms with Crippen LogP contribution in [0.15, 0.2) is 72.8 Å². The Hall–Kier alpha value is -3.11. The first kappa shape index (κ1) is 26.5. The standard InChI is InChI=1S/C30H35ClN2O2/c1-5-23(4)32-30(35)28(18-24-10-7-6-8-11-24)33(20-25-12-9-13-27(31)17-25)29(34)19-26-16-21(2)14-15-22(26)3/h6-17,23,28H,5,18-20H2,1-4H3,(H,32,35)/t23-,28+/m1/s1. The van der Waals surface area contributed by atoms with Gasteiger partial charge in [-0.25, -0.2) is 0 Å². The molecule has 3 aromatic rings. The van der Waals surface area contributed by atoms with E-state index < -0.39 is 6.04 Å². The SMILES string of the molecule is CC[C@@H](C)NC(=O)[C@H](Cc1ccccc1)N(Cc1cccc(Cl)c1)C(=O)Cc1cc(C)ccc1C. The van der Waals surface area contributed by atoms with Crippen molar-refractivity contribution in [1.82, 2.24) is 10.2 Å². The van der Waals surface area contributed by atoms with E-state index in [0.29, 0.717) is 18.0 Å². The third-order valence-corrected chi connectivity index (χ3v) is 6.60. The molecule has 0 radical (unpaired) electrons. The Balaban J connectivity index is 2.00. The van der Waals surface area contributed by atoms with Gasteiger partial charge >= 0.3 is 0 Å². The van der Waals surface area contributed by atoms with Gasteiger partial charge in [0.25, 0.3) is 0 Å². The maximum atomic E-state index is 13.9. The van der Waals surface area contributed by atoms with Crippen molar-refractivity contribution >= 4 is 23.4 Å². The summed E-state index contributed by atoms with van der Waals surface area (Å²) in [5, 5.41) is 3.71. The van der Waals surface area contributed by atoms with Crippen molar-refractivity contribution in [2.45, 2.75) is 65.6 Å². The Morgan fingerprint density at radius 3 is 2.34 bits per heavy atom. The molecule has 0 saturated carbocycles. The highest BCUT2D eigenvalue weighted by atomic mass is 35.5. The first-order valence-electron chi connectivity index (χ1n) is 12.2. The van der Waals surface area contributed by atoms with E-state index >= 15 is 0 Å². The van der Waals surface area contributed by atoms with E-state index in [2.05, 4.69) is 11.4 Å². The number of hydrogen-bond acceptors (Lipinski definition) is 2. The van der Waals surface area contributed by atoms with Crippen LogP contribution in [-0.2, 0) is 29.0 Å². The fourth-order valence-corrected chi connectivity index (χ4v) is 4.30. The molecule has 5 heteroatoms.